The van der Waals surface area contributed by atoms with Gasteiger partial charge in [0.2, 0.25) is 11.1 Å². The Labute approximate surface area is 213 Å². The molecule has 2 aliphatic heterocycles. The maximum absolute atomic E-state index is 12.8. The molecule has 36 heavy (non-hydrogen) atoms. The molecule has 192 valence electrons. The van der Waals surface area contributed by atoms with E-state index in [2.05, 4.69) is 20.8 Å². The fourth-order valence-corrected chi connectivity index (χ4v) is 6.68. The molecule has 0 spiro atoms. The van der Waals surface area contributed by atoms with E-state index in [9.17, 15) is 27.9 Å². The molecule has 0 aliphatic carbocycles. The third-order valence-corrected chi connectivity index (χ3v) is 8.33. The lowest BCUT2D eigenvalue weighted by atomic mass is 10.0. The predicted octanol–water partition coefficient (Wildman–Crippen LogP) is -0.518. The van der Waals surface area contributed by atoms with E-state index in [-0.39, 0.29) is 28.8 Å². The summed E-state index contributed by atoms with van der Waals surface area (Å²) in [7, 11) is -4.39. The highest BCUT2D eigenvalue weighted by atomic mass is 32.2. The van der Waals surface area contributed by atoms with E-state index < -0.39 is 45.2 Å². The fraction of sp³-hybridized carbons (Fsp3) is 0.368. The van der Waals surface area contributed by atoms with Crippen molar-refractivity contribution in [2.45, 2.75) is 35.8 Å². The molecule has 4 rings (SSSR count). The second-order valence-electron chi connectivity index (χ2n) is 8.05. The number of hydrogen-bond donors (Lipinski definition) is 4. The molecule has 1 aromatic heterocycles. The number of aryl methyl sites for hydroxylation is 1. The van der Waals surface area contributed by atoms with Crippen LogP contribution in [0.2, 0.25) is 0 Å². The van der Waals surface area contributed by atoms with Gasteiger partial charge in [-0.05, 0) is 40.1 Å². The lowest BCUT2D eigenvalue weighted by molar-refractivity contribution is -0.150. The molecule has 2 amide bonds. The normalized spacial score (nSPS) is 19.6. The lowest BCUT2D eigenvalue weighted by Gasteiger charge is -2.49. The number of rotatable bonds is 9. The molecule has 1 fully saturated rings. The second kappa shape index (κ2) is 10.1. The standard InChI is InChI=1S/C19H21N7O7S3/c1-9-2-3-10(12(20)4-9)5-13(27)21-14-16(28)26-15(18(29)30)11(6-34-17(14)26)7-35-19-22-23-24-25(19)8-36(31,32)33/h2-4,14,17H,5-8,20H2,1H3,(H,21,27)(H,29,30)(H,31,32,33). The first kappa shape index (κ1) is 25.9. The largest absolute Gasteiger partial charge is 0.477 e. The van der Waals surface area contributed by atoms with Crippen molar-refractivity contribution in [2.75, 3.05) is 17.2 Å². The molecule has 5 N–H and O–H groups in total. The quantitative estimate of drug-likeness (QED) is 0.133. The van der Waals surface area contributed by atoms with E-state index >= 15 is 0 Å². The van der Waals surface area contributed by atoms with Gasteiger partial charge in [-0.1, -0.05) is 23.9 Å². The minimum Gasteiger partial charge on any atom is -0.477 e. The van der Waals surface area contributed by atoms with Gasteiger partial charge < -0.3 is 16.2 Å². The van der Waals surface area contributed by atoms with Crippen LogP contribution in [0.15, 0.2) is 34.6 Å². The summed E-state index contributed by atoms with van der Waals surface area (Å²) in [5, 5.41) is 22.5. The van der Waals surface area contributed by atoms with Crippen LogP contribution in [-0.2, 0) is 36.8 Å². The van der Waals surface area contributed by atoms with Gasteiger partial charge in [-0.25, -0.2) is 9.48 Å². The van der Waals surface area contributed by atoms with Crippen LogP contribution in [-0.4, -0.2) is 83.9 Å². The number of tetrazole rings is 1. The number of thioether (sulfide) groups is 2. The van der Waals surface area contributed by atoms with Crippen molar-refractivity contribution < 1.29 is 32.5 Å². The Morgan fingerprint density at radius 1 is 1.36 bits per heavy atom. The van der Waals surface area contributed by atoms with Crippen molar-refractivity contribution in [1.82, 2.24) is 30.4 Å². The van der Waals surface area contributed by atoms with Crippen LogP contribution < -0.4 is 11.1 Å². The Hall–Kier alpha value is -3.15. The van der Waals surface area contributed by atoms with E-state index in [1.165, 1.54) is 11.8 Å². The maximum atomic E-state index is 12.8. The number of aliphatic carboxylic acids is 1. The van der Waals surface area contributed by atoms with Gasteiger partial charge in [0.1, 0.15) is 17.1 Å². The Bertz CT molecular complexity index is 1380. The first-order chi connectivity index (χ1) is 16.9. The number of carboxylic acid groups (broad SMARTS) is 1. The average molecular weight is 556 g/mol. The number of hydrogen-bond acceptors (Lipinski definition) is 11. The molecule has 2 atom stereocenters. The van der Waals surface area contributed by atoms with Gasteiger partial charge in [-0.3, -0.25) is 19.0 Å². The number of amides is 2. The summed E-state index contributed by atoms with van der Waals surface area (Å²) >= 11 is 2.26. The van der Waals surface area contributed by atoms with Gasteiger partial charge in [-0.2, -0.15) is 8.42 Å². The monoisotopic (exact) mass is 555 g/mol. The molecule has 3 heterocycles. The third kappa shape index (κ3) is 5.48. The van der Waals surface area contributed by atoms with Crippen molar-refractivity contribution in [1.29, 1.82) is 0 Å². The molecule has 1 saturated heterocycles. The van der Waals surface area contributed by atoms with Crippen molar-refractivity contribution in [3.8, 4) is 0 Å². The van der Waals surface area contributed by atoms with Crippen LogP contribution in [0.5, 0.6) is 0 Å². The smallest absolute Gasteiger partial charge is 0.352 e. The fourth-order valence-electron chi connectivity index (χ4n) is 3.75. The summed E-state index contributed by atoms with van der Waals surface area (Å²) in [5.74, 6) is -2.81. The topological polar surface area (TPSA) is 211 Å². The first-order valence-electron chi connectivity index (χ1n) is 10.3. The van der Waals surface area contributed by atoms with Crippen molar-refractivity contribution in [3.05, 3.63) is 40.6 Å². The van der Waals surface area contributed by atoms with E-state index in [1.54, 1.807) is 12.1 Å². The van der Waals surface area contributed by atoms with Gasteiger partial charge in [0.15, 0.2) is 5.88 Å². The molecule has 2 aliphatic rings. The molecule has 0 radical (unpaired) electrons. The Morgan fingerprint density at radius 2 is 2.11 bits per heavy atom. The number of nitrogens with one attached hydrogen (secondary N) is 1. The number of nitrogen functional groups attached to an aromatic ring is 1. The number of benzene rings is 1. The molecule has 0 saturated carbocycles. The van der Waals surface area contributed by atoms with Gasteiger partial charge in [0, 0.05) is 17.2 Å². The molecular formula is C19H21N7O7S3. The highest BCUT2D eigenvalue weighted by Gasteiger charge is 2.54. The number of nitrogens with zero attached hydrogens (tertiary/aromatic N) is 5. The van der Waals surface area contributed by atoms with E-state index in [0.29, 0.717) is 16.8 Å². The second-order valence-corrected chi connectivity index (χ2v) is 11.5. The number of carbonyl (C=O) groups excluding carboxylic acids is 2. The zero-order chi connectivity index (χ0) is 26.2. The summed E-state index contributed by atoms with van der Waals surface area (Å²) in [6.07, 6.45) is -0.0188. The number of carboxylic acids is 1. The first-order valence-corrected chi connectivity index (χ1v) is 14.0. The molecule has 17 heteroatoms. The Kier molecular flexibility index (Phi) is 7.26. The number of carbonyl (C=O) groups is 3. The molecule has 1 aromatic carbocycles. The molecule has 0 bridgehead atoms. The number of fused-ring (bicyclic) bond motifs is 1. The van der Waals surface area contributed by atoms with E-state index in [1.807, 2.05) is 13.0 Å². The maximum Gasteiger partial charge on any atom is 0.352 e. The minimum atomic E-state index is -4.39. The SMILES string of the molecule is Cc1ccc(CC(=O)NC2C(=O)N3C(C(=O)O)=C(CSc4nnnn4CS(=O)(=O)O)CSC23)c(N)c1. The van der Waals surface area contributed by atoms with Gasteiger partial charge in [-0.15, -0.1) is 16.9 Å². The van der Waals surface area contributed by atoms with Crippen LogP contribution in [0.25, 0.3) is 0 Å². The lowest BCUT2D eigenvalue weighted by Crippen LogP contribution is -2.70. The number of β-lactam (4-membered cyclic amide) rings is 1. The summed E-state index contributed by atoms with van der Waals surface area (Å²) < 4.78 is 32.1. The van der Waals surface area contributed by atoms with Crippen LogP contribution in [0.3, 0.4) is 0 Å². The van der Waals surface area contributed by atoms with Crippen LogP contribution in [0, 0.1) is 6.92 Å². The molecule has 2 aromatic rings. The minimum absolute atomic E-state index is 0.0188. The van der Waals surface area contributed by atoms with Crippen LogP contribution in [0.1, 0.15) is 11.1 Å². The highest BCUT2D eigenvalue weighted by Crippen LogP contribution is 2.41. The summed E-state index contributed by atoms with van der Waals surface area (Å²) in [6.45, 7) is 1.88. The Morgan fingerprint density at radius 3 is 2.78 bits per heavy atom. The van der Waals surface area contributed by atoms with Gasteiger partial charge >= 0.3 is 5.97 Å². The Balaban J connectivity index is 1.44. The van der Waals surface area contributed by atoms with Gasteiger partial charge in [0.25, 0.3) is 16.0 Å². The summed E-state index contributed by atoms with van der Waals surface area (Å²) in [5.41, 5.74) is 8.22. The van der Waals surface area contributed by atoms with Crippen molar-refractivity contribution in [2.24, 2.45) is 0 Å². The van der Waals surface area contributed by atoms with Crippen LogP contribution in [0.4, 0.5) is 5.69 Å². The van der Waals surface area contributed by atoms with E-state index in [4.69, 9.17) is 10.3 Å². The number of anilines is 1. The zero-order valence-corrected chi connectivity index (χ0v) is 21.1. The van der Waals surface area contributed by atoms with Crippen molar-refractivity contribution >= 4 is 57.1 Å². The zero-order valence-electron chi connectivity index (χ0n) is 18.7. The number of aromatic nitrogens is 4. The third-order valence-electron chi connectivity index (χ3n) is 5.38. The van der Waals surface area contributed by atoms with Gasteiger partial charge in [0.05, 0.1) is 6.42 Å². The molecule has 2 unspecified atom stereocenters. The highest BCUT2D eigenvalue weighted by molar-refractivity contribution is 8.01. The average Bonchev–Trinajstić information content (AvgIpc) is 3.22. The van der Waals surface area contributed by atoms with Crippen molar-refractivity contribution in [3.63, 3.8) is 0 Å². The van der Waals surface area contributed by atoms with Crippen LogP contribution >= 0.6 is 23.5 Å². The van der Waals surface area contributed by atoms with E-state index in [0.717, 1.165) is 26.9 Å². The molecule has 14 nitrogen and oxygen atoms in total. The summed E-state index contributed by atoms with van der Waals surface area (Å²) in [4.78, 5) is 38.6. The predicted molar refractivity (Wildman–Crippen MR) is 129 cm³/mol. The number of nitrogens with two attached hydrogens (primary N) is 1. The summed E-state index contributed by atoms with van der Waals surface area (Å²) in [6, 6.07) is 4.45. The molecular weight excluding hydrogens is 534 g/mol.